The molecule has 0 aromatic heterocycles. The summed E-state index contributed by atoms with van der Waals surface area (Å²) in [7, 11) is 1.34. The Morgan fingerprint density at radius 3 is 2.19 bits per heavy atom. The van der Waals surface area contributed by atoms with Gasteiger partial charge in [0.2, 0.25) is 17.7 Å². The second-order valence-electron chi connectivity index (χ2n) is 16.2. The summed E-state index contributed by atoms with van der Waals surface area (Å²) in [6.07, 6.45) is 3.15. The number of ether oxygens (including phenoxy) is 3. The average Bonchev–Trinajstić information content (AvgIpc) is 3.23. The first kappa shape index (κ1) is 42.6. The maximum Gasteiger partial charge on any atom is 0.337 e. The molecule has 1 heterocycles. The van der Waals surface area contributed by atoms with Crippen molar-refractivity contribution in [3.63, 3.8) is 0 Å². The SMILES string of the molecule is COC(=O)c1ccc(COc2ccc(C[C@H](NC(=O)[C@H](C)NCC(=O)OC(C)(C)C)C(=O)N3Cc4ccccc4C[C@H]3C(=O)N[C@@H]3CCCc4ccccc43)cc2)cc1. The van der Waals surface area contributed by atoms with Crippen LogP contribution in [0.2, 0.25) is 0 Å². The van der Waals surface area contributed by atoms with Gasteiger partial charge in [0, 0.05) is 19.4 Å². The molecule has 2 aliphatic rings. The third-order valence-corrected chi connectivity index (χ3v) is 10.6. The number of hydrogen-bond acceptors (Lipinski definition) is 9. The van der Waals surface area contributed by atoms with Gasteiger partial charge in [0.1, 0.15) is 30.0 Å². The highest BCUT2D eigenvalue weighted by molar-refractivity contribution is 5.94. The third kappa shape index (κ3) is 11.4. The molecule has 3 N–H and O–H groups in total. The molecule has 1 aliphatic heterocycles. The van der Waals surface area contributed by atoms with Gasteiger partial charge < -0.3 is 29.7 Å². The van der Waals surface area contributed by atoms with E-state index in [4.69, 9.17) is 14.2 Å². The number of carbonyl (C=O) groups excluding carboxylic acids is 5. The molecule has 0 saturated carbocycles. The molecule has 0 bridgehead atoms. The lowest BCUT2D eigenvalue weighted by molar-refractivity contribution is -0.153. The second-order valence-corrected chi connectivity index (χ2v) is 16.2. The summed E-state index contributed by atoms with van der Waals surface area (Å²) in [5.74, 6) is -1.46. The molecule has 59 heavy (non-hydrogen) atoms. The van der Waals surface area contributed by atoms with Gasteiger partial charge in [-0.05, 0) is 105 Å². The number of rotatable bonds is 14. The highest BCUT2D eigenvalue weighted by Crippen LogP contribution is 2.31. The number of nitrogens with one attached hydrogen (secondary N) is 3. The zero-order chi connectivity index (χ0) is 42.1. The van der Waals surface area contributed by atoms with Gasteiger partial charge in [0.25, 0.3) is 0 Å². The Hall–Kier alpha value is -6.01. The van der Waals surface area contributed by atoms with Crippen molar-refractivity contribution in [3.8, 4) is 5.75 Å². The summed E-state index contributed by atoms with van der Waals surface area (Å²) in [4.78, 5) is 68.8. The third-order valence-electron chi connectivity index (χ3n) is 10.6. The van der Waals surface area contributed by atoms with Crippen LogP contribution < -0.4 is 20.7 Å². The van der Waals surface area contributed by atoms with E-state index in [0.717, 1.165) is 47.1 Å². The molecule has 4 aromatic carbocycles. The largest absolute Gasteiger partial charge is 0.489 e. The number of fused-ring (bicyclic) bond motifs is 2. The van der Waals surface area contributed by atoms with Crippen LogP contribution in [0.1, 0.15) is 90.3 Å². The Morgan fingerprint density at radius 1 is 0.831 bits per heavy atom. The van der Waals surface area contributed by atoms with Crippen LogP contribution >= 0.6 is 0 Å². The molecule has 0 unspecified atom stereocenters. The summed E-state index contributed by atoms with van der Waals surface area (Å²) < 4.78 is 16.2. The molecule has 4 atom stereocenters. The number of carbonyl (C=O) groups is 5. The molecule has 4 aromatic rings. The summed E-state index contributed by atoms with van der Waals surface area (Å²) in [6, 6.07) is 27.3. The molecule has 0 radical (unpaired) electrons. The van der Waals surface area contributed by atoms with Crippen molar-refractivity contribution in [2.24, 2.45) is 0 Å². The van der Waals surface area contributed by atoms with Crippen LogP contribution in [0.15, 0.2) is 97.1 Å². The Morgan fingerprint density at radius 2 is 1.49 bits per heavy atom. The summed E-state index contributed by atoms with van der Waals surface area (Å²) >= 11 is 0. The van der Waals surface area contributed by atoms with Crippen LogP contribution in [0, 0.1) is 0 Å². The van der Waals surface area contributed by atoms with E-state index in [2.05, 4.69) is 28.1 Å². The summed E-state index contributed by atoms with van der Waals surface area (Å²) in [5.41, 5.74) is 5.63. The van der Waals surface area contributed by atoms with Crippen molar-refractivity contribution < 1.29 is 38.2 Å². The van der Waals surface area contributed by atoms with Gasteiger partial charge >= 0.3 is 11.9 Å². The molecule has 3 amide bonds. The Labute approximate surface area is 346 Å². The predicted molar refractivity (Wildman–Crippen MR) is 222 cm³/mol. The van der Waals surface area contributed by atoms with Crippen LogP contribution in [0.3, 0.4) is 0 Å². The van der Waals surface area contributed by atoms with Crippen LogP contribution in [-0.4, -0.2) is 71.9 Å². The molecule has 0 spiro atoms. The smallest absolute Gasteiger partial charge is 0.337 e. The number of amides is 3. The van der Waals surface area contributed by atoms with Crippen LogP contribution in [-0.2, 0) is 61.1 Å². The number of methoxy groups -OCH3 is 1. The molecular formula is C47H54N4O8. The lowest BCUT2D eigenvalue weighted by Gasteiger charge is -2.39. The van der Waals surface area contributed by atoms with Crippen LogP contribution in [0.4, 0.5) is 0 Å². The maximum absolute atomic E-state index is 14.9. The van der Waals surface area contributed by atoms with E-state index < -0.39 is 47.5 Å². The zero-order valence-corrected chi connectivity index (χ0v) is 34.4. The minimum Gasteiger partial charge on any atom is -0.489 e. The van der Waals surface area contributed by atoms with Crippen LogP contribution in [0.25, 0.3) is 0 Å². The van der Waals surface area contributed by atoms with Crippen molar-refractivity contribution in [3.05, 3.63) is 136 Å². The molecule has 0 saturated heterocycles. The van der Waals surface area contributed by atoms with E-state index in [1.165, 1.54) is 12.7 Å². The van der Waals surface area contributed by atoms with E-state index in [-0.39, 0.29) is 38.1 Å². The van der Waals surface area contributed by atoms with Crippen molar-refractivity contribution in [2.75, 3.05) is 13.7 Å². The quantitative estimate of drug-likeness (QED) is 0.140. The molecule has 12 nitrogen and oxygen atoms in total. The van der Waals surface area contributed by atoms with Crippen molar-refractivity contribution >= 4 is 29.7 Å². The van der Waals surface area contributed by atoms with Gasteiger partial charge in [0.15, 0.2) is 0 Å². The van der Waals surface area contributed by atoms with Crippen molar-refractivity contribution in [1.82, 2.24) is 20.9 Å². The zero-order valence-electron chi connectivity index (χ0n) is 34.4. The fraction of sp³-hybridized carbons (Fsp3) is 0.383. The first-order valence-corrected chi connectivity index (χ1v) is 20.2. The molecule has 310 valence electrons. The first-order chi connectivity index (χ1) is 28.3. The number of esters is 2. The van der Waals surface area contributed by atoms with E-state index >= 15 is 0 Å². The molecular weight excluding hydrogens is 749 g/mol. The Kier molecular flexibility index (Phi) is 13.8. The fourth-order valence-electron chi connectivity index (χ4n) is 7.54. The molecule has 12 heteroatoms. The monoisotopic (exact) mass is 802 g/mol. The highest BCUT2D eigenvalue weighted by Gasteiger charge is 2.39. The normalized spacial score (nSPS) is 17.0. The predicted octanol–water partition coefficient (Wildman–Crippen LogP) is 5.55. The van der Waals surface area contributed by atoms with Gasteiger partial charge in [-0.15, -0.1) is 0 Å². The summed E-state index contributed by atoms with van der Waals surface area (Å²) in [5, 5.41) is 9.15. The average molecular weight is 803 g/mol. The molecule has 6 rings (SSSR count). The van der Waals surface area contributed by atoms with E-state index in [1.807, 2.05) is 48.5 Å². The maximum atomic E-state index is 14.9. The standard InChI is InChI=1S/C47H54N4O8/c1-30(48-27-42(52)59-47(2,3)4)43(53)50-40(25-31-19-23-37(24-20-31)58-29-32-17-21-34(22-18-32)46(56)57-5)45(55)51-28-36-13-7-6-12-35(36)26-41(51)44(54)49-39-16-10-14-33-11-8-9-15-38(33)39/h6-9,11-13,15,17-24,30,39-41,48H,10,14,16,25-29H2,1-5H3,(H,49,54)(H,50,53)/t30-,39+,40-,41-/m0/s1. The van der Waals surface area contributed by atoms with E-state index in [0.29, 0.717) is 17.7 Å². The topological polar surface area (TPSA) is 152 Å². The number of nitrogens with zero attached hydrogens (tertiary/aromatic N) is 1. The Balaban J connectivity index is 1.21. The lowest BCUT2D eigenvalue weighted by atomic mass is 9.87. The molecule has 0 fully saturated rings. The van der Waals surface area contributed by atoms with Crippen molar-refractivity contribution in [2.45, 2.75) is 103 Å². The van der Waals surface area contributed by atoms with Gasteiger partial charge in [-0.25, -0.2) is 4.79 Å². The van der Waals surface area contributed by atoms with Gasteiger partial charge in [-0.1, -0.05) is 72.8 Å². The number of benzene rings is 4. The van der Waals surface area contributed by atoms with Crippen molar-refractivity contribution in [1.29, 1.82) is 0 Å². The van der Waals surface area contributed by atoms with Gasteiger partial charge in [-0.3, -0.25) is 24.5 Å². The second kappa shape index (κ2) is 19.2. The minimum atomic E-state index is -1.05. The lowest BCUT2D eigenvalue weighted by Crippen LogP contribution is -2.59. The number of aryl methyl sites for hydroxylation is 1. The van der Waals surface area contributed by atoms with Gasteiger partial charge in [-0.2, -0.15) is 0 Å². The highest BCUT2D eigenvalue weighted by atomic mass is 16.6. The minimum absolute atomic E-state index is 0.126. The van der Waals surface area contributed by atoms with E-state index in [1.54, 1.807) is 69.0 Å². The van der Waals surface area contributed by atoms with E-state index in [9.17, 15) is 24.0 Å². The van der Waals surface area contributed by atoms with Crippen LogP contribution in [0.5, 0.6) is 5.75 Å². The van der Waals surface area contributed by atoms with Gasteiger partial charge in [0.05, 0.1) is 31.3 Å². The summed E-state index contributed by atoms with van der Waals surface area (Å²) in [6.45, 7) is 7.18. The number of hydrogen-bond donors (Lipinski definition) is 3. The Bertz CT molecular complexity index is 2130. The first-order valence-electron chi connectivity index (χ1n) is 20.2. The fourth-order valence-corrected chi connectivity index (χ4v) is 7.54. The molecule has 1 aliphatic carbocycles.